The second kappa shape index (κ2) is 7.45. The van der Waals surface area contributed by atoms with E-state index >= 15 is 0 Å². The number of amides is 1. The van der Waals surface area contributed by atoms with Crippen molar-refractivity contribution < 1.29 is 9.53 Å². The first-order chi connectivity index (χ1) is 11.0. The number of carbonyl (C=O) groups excluding carboxylic acids is 1. The lowest BCUT2D eigenvalue weighted by Gasteiger charge is -2.55. The summed E-state index contributed by atoms with van der Waals surface area (Å²) in [5.74, 6) is 0.114. The lowest BCUT2D eigenvalue weighted by molar-refractivity contribution is -0.140. The van der Waals surface area contributed by atoms with E-state index in [1.54, 1.807) is 0 Å². The second-order valence-electron chi connectivity index (χ2n) is 6.92. The largest absolute Gasteiger partial charge is 0.378 e. The van der Waals surface area contributed by atoms with E-state index < -0.39 is 0 Å². The zero-order valence-corrected chi connectivity index (χ0v) is 14.8. The van der Waals surface area contributed by atoms with Crippen LogP contribution in [0.3, 0.4) is 0 Å². The number of benzene rings is 1. The highest BCUT2D eigenvalue weighted by Gasteiger charge is 2.52. The van der Waals surface area contributed by atoms with Crippen molar-refractivity contribution in [1.29, 1.82) is 0 Å². The average Bonchev–Trinajstić information content (AvgIpc) is 2.56. The van der Waals surface area contributed by atoms with E-state index in [0.29, 0.717) is 6.54 Å². The zero-order chi connectivity index (χ0) is 17.0. The molecule has 0 bridgehead atoms. The van der Waals surface area contributed by atoms with Crippen LogP contribution in [0.1, 0.15) is 56.5 Å². The number of carbonyl (C=O) groups is 1. The molecule has 4 heteroatoms. The van der Waals surface area contributed by atoms with E-state index in [2.05, 4.69) is 20.8 Å². The number of rotatable bonds is 7. The summed E-state index contributed by atoms with van der Waals surface area (Å²) in [5.41, 5.74) is 7.42. The van der Waals surface area contributed by atoms with Gasteiger partial charge in [-0.1, -0.05) is 32.9 Å². The Morgan fingerprint density at radius 2 is 1.96 bits per heavy atom. The van der Waals surface area contributed by atoms with Crippen molar-refractivity contribution in [3.63, 3.8) is 0 Å². The Kier molecular flexibility index (Phi) is 5.82. The third-order valence-corrected chi connectivity index (χ3v) is 5.03. The summed E-state index contributed by atoms with van der Waals surface area (Å²) in [5, 5.41) is 0. The van der Waals surface area contributed by atoms with Gasteiger partial charge in [0.25, 0.3) is 5.91 Å². The van der Waals surface area contributed by atoms with Gasteiger partial charge in [-0.05, 0) is 37.5 Å². The molecule has 23 heavy (non-hydrogen) atoms. The smallest absolute Gasteiger partial charge is 0.254 e. The lowest BCUT2D eigenvalue weighted by atomic mass is 9.63. The van der Waals surface area contributed by atoms with Crippen molar-refractivity contribution in [2.45, 2.75) is 59.2 Å². The van der Waals surface area contributed by atoms with Crippen LogP contribution in [0.2, 0.25) is 0 Å². The van der Waals surface area contributed by atoms with E-state index in [1.165, 1.54) is 0 Å². The van der Waals surface area contributed by atoms with Crippen LogP contribution in [-0.2, 0) is 11.3 Å². The monoisotopic (exact) mass is 318 g/mol. The molecule has 1 saturated carbocycles. The molecule has 0 aromatic heterocycles. The Balaban J connectivity index is 2.16. The van der Waals surface area contributed by atoms with Gasteiger partial charge in [-0.2, -0.15) is 0 Å². The Morgan fingerprint density at radius 1 is 1.30 bits per heavy atom. The third kappa shape index (κ3) is 3.59. The number of nitrogens with zero attached hydrogens (tertiary/aromatic N) is 1. The van der Waals surface area contributed by atoms with E-state index in [1.807, 2.05) is 36.1 Å². The summed E-state index contributed by atoms with van der Waals surface area (Å²) in [6, 6.07) is 7.89. The SMILES string of the molecule is CCCN(C(=O)c1ccc(CN)cc1)C1CC(OCC)C1(C)C. The fourth-order valence-electron chi connectivity index (χ4n) is 3.47. The highest BCUT2D eigenvalue weighted by Crippen LogP contribution is 2.46. The third-order valence-electron chi connectivity index (χ3n) is 5.03. The van der Waals surface area contributed by atoms with Crippen molar-refractivity contribution in [3.05, 3.63) is 35.4 Å². The average molecular weight is 318 g/mol. The Hall–Kier alpha value is -1.39. The number of ether oxygens (including phenoxy) is 1. The van der Waals surface area contributed by atoms with Gasteiger partial charge in [0.2, 0.25) is 0 Å². The molecule has 1 aromatic carbocycles. The highest BCUT2D eigenvalue weighted by atomic mass is 16.5. The summed E-state index contributed by atoms with van der Waals surface area (Å²) in [6.07, 6.45) is 2.12. The summed E-state index contributed by atoms with van der Waals surface area (Å²) in [7, 11) is 0. The van der Waals surface area contributed by atoms with Gasteiger partial charge in [-0.15, -0.1) is 0 Å². The first kappa shape index (κ1) is 18.0. The molecular formula is C19H30N2O2. The molecule has 2 rings (SSSR count). The van der Waals surface area contributed by atoms with Crippen LogP contribution in [-0.4, -0.2) is 36.1 Å². The molecule has 0 spiro atoms. The van der Waals surface area contributed by atoms with Gasteiger partial charge in [0, 0.05) is 36.7 Å². The standard InChI is InChI=1S/C19H30N2O2/c1-5-11-21(16-12-17(23-6-2)19(16,3)4)18(22)15-9-7-14(13-20)8-10-15/h7-10,16-17H,5-6,11-13,20H2,1-4H3. The number of hydrogen-bond acceptors (Lipinski definition) is 3. The van der Waals surface area contributed by atoms with Gasteiger partial charge in [-0.25, -0.2) is 0 Å². The van der Waals surface area contributed by atoms with Crippen LogP contribution >= 0.6 is 0 Å². The molecule has 1 aliphatic carbocycles. The van der Waals surface area contributed by atoms with Crippen LogP contribution in [0, 0.1) is 5.41 Å². The van der Waals surface area contributed by atoms with Gasteiger partial charge in [0.1, 0.15) is 0 Å². The first-order valence-electron chi connectivity index (χ1n) is 8.67. The molecule has 1 fully saturated rings. The molecular weight excluding hydrogens is 288 g/mol. The van der Waals surface area contributed by atoms with Crippen LogP contribution in [0.4, 0.5) is 0 Å². The van der Waals surface area contributed by atoms with Crippen molar-refractivity contribution in [2.24, 2.45) is 11.1 Å². The minimum Gasteiger partial charge on any atom is -0.378 e. The Labute approximate surface area is 140 Å². The quantitative estimate of drug-likeness (QED) is 0.840. The predicted molar refractivity (Wildman–Crippen MR) is 93.3 cm³/mol. The van der Waals surface area contributed by atoms with Crippen LogP contribution in [0.5, 0.6) is 0 Å². The van der Waals surface area contributed by atoms with E-state index in [0.717, 1.165) is 37.1 Å². The molecule has 1 amide bonds. The van der Waals surface area contributed by atoms with Gasteiger partial charge in [-0.3, -0.25) is 4.79 Å². The summed E-state index contributed by atoms with van der Waals surface area (Å²) >= 11 is 0. The van der Waals surface area contributed by atoms with Gasteiger partial charge in [0.05, 0.1) is 6.10 Å². The molecule has 128 valence electrons. The topological polar surface area (TPSA) is 55.6 Å². The van der Waals surface area contributed by atoms with Gasteiger partial charge in [0.15, 0.2) is 0 Å². The highest BCUT2D eigenvalue weighted by molar-refractivity contribution is 5.94. The fraction of sp³-hybridized carbons (Fsp3) is 0.632. The van der Waals surface area contributed by atoms with Crippen molar-refractivity contribution in [1.82, 2.24) is 4.90 Å². The summed E-state index contributed by atoms with van der Waals surface area (Å²) in [4.78, 5) is 15.0. The molecule has 1 aromatic rings. The number of hydrogen-bond donors (Lipinski definition) is 1. The van der Waals surface area contributed by atoms with Crippen LogP contribution in [0.15, 0.2) is 24.3 Å². The zero-order valence-electron chi connectivity index (χ0n) is 14.8. The molecule has 0 aliphatic heterocycles. The van der Waals surface area contributed by atoms with Crippen molar-refractivity contribution >= 4 is 5.91 Å². The molecule has 4 nitrogen and oxygen atoms in total. The van der Waals surface area contributed by atoms with E-state index in [9.17, 15) is 4.79 Å². The van der Waals surface area contributed by atoms with E-state index in [4.69, 9.17) is 10.5 Å². The van der Waals surface area contributed by atoms with Crippen LogP contribution < -0.4 is 5.73 Å². The summed E-state index contributed by atoms with van der Waals surface area (Å²) < 4.78 is 5.82. The molecule has 0 radical (unpaired) electrons. The molecule has 1 aliphatic rings. The van der Waals surface area contributed by atoms with Crippen molar-refractivity contribution in [3.8, 4) is 0 Å². The van der Waals surface area contributed by atoms with Gasteiger partial charge >= 0.3 is 0 Å². The lowest BCUT2D eigenvalue weighted by Crippen LogP contribution is -2.63. The maximum absolute atomic E-state index is 13.0. The molecule has 2 unspecified atom stereocenters. The Bertz CT molecular complexity index is 525. The van der Waals surface area contributed by atoms with E-state index in [-0.39, 0.29) is 23.5 Å². The molecule has 2 N–H and O–H groups in total. The second-order valence-corrected chi connectivity index (χ2v) is 6.92. The number of nitrogens with two attached hydrogens (primary N) is 1. The normalized spacial score (nSPS) is 22.5. The Morgan fingerprint density at radius 3 is 2.43 bits per heavy atom. The first-order valence-corrected chi connectivity index (χ1v) is 8.67. The maximum Gasteiger partial charge on any atom is 0.254 e. The summed E-state index contributed by atoms with van der Waals surface area (Å²) in [6.45, 7) is 10.6. The predicted octanol–water partition coefficient (Wildman–Crippen LogP) is 3.20. The van der Waals surface area contributed by atoms with Crippen molar-refractivity contribution in [2.75, 3.05) is 13.2 Å². The molecule has 2 atom stereocenters. The molecule has 0 saturated heterocycles. The molecule has 0 heterocycles. The van der Waals surface area contributed by atoms with Gasteiger partial charge < -0.3 is 15.4 Å². The minimum absolute atomic E-state index is 0.00195. The van der Waals surface area contributed by atoms with Crippen LogP contribution in [0.25, 0.3) is 0 Å². The fourth-order valence-corrected chi connectivity index (χ4v) is 3.47. The minimum atomic E-state index is -0.00195. The maximum atomic E-state index is 13.0.